The lowest BCUT2D eigenvalue weighted by atomic mass is 10.1. The van der Waals surface area contributed by atoms with Gasteiger partial charge >= 0.3 is 17.9 Å². The first-order valence-electron chi connectivity index (χ1n) is 6.67. The zero-order chi connectivity index (χ0) is 15.9. The smallest absolute Gasteiger partial charge is 0.303 e. The zero-order valence-corrected chi connectivity index (χ0v) is 11.9. The lowest BCUT2D eigenvalue weighted by Crippen LogP contribution is -2.39. The molecule has 3 heterocycles. The van der Waals surface area contributed by atoms with Gasteiger partial charge in [0.2, 0.25) is 0 Å². The molecule has 22 heavy (non-hydrogen) atoms. The van der Waals surface area contributed by atoms with Gasteiger partial charge in [-0.2, -0.15) is 4.98 Å². The molecule has 118 valence electrons. The van der Waals surface area contributed by atoms with E-state index < -0.39 is 42.0 Å². The van der Waals surface area contributed by atoms with Crippen LogP contribution in [0.1, 0.15) is 20.1 Å². The predicted octanol–water partition coefficient (Wildman–Crippen LogP) is -0.604. The third-order valence-corrected chi connectivity index (χ3v) is 3.36. The molecule has 0 N–H and O–H groups in total. The second-order valence-corrected chi connectivity index (χ2v) is 4.98. The van der Waals surface area contributed by atoms with Gasteiger partial charge in [0.1, 0.15) is 12.7 Å². The summed E-state index contributed by atoms with van der Waals surface area (Å²) in [5.74, 6) is -0.974. The van der Waals surface area contributed by atoms with Crippen LogP contribution in [0.5, 0.6) is 6.01 Å². The number of ether oxygens (including phenoxy) is 4. The molecule has 9 nitrogen and oxygen atoms in total. The maximum absolute atomic E-state index is 11.3. The minimum absolute atomic E-state index is 0.0629. The van der Waals surface area contributed by atoms with E-state index in [1.54, 1.807) is 0 Å². The van der Waals surface area contributed by atoms with Crippen LogP contribution >= 0.6 is 0 Å². The molecule has 3 rings (SSSR count). The Kier molecular flexibility index (Phi) is 3.57. The third-order valence-electron chi connectivity index (χ3n) is 3.36. The second-order valence-electron chi connectivity index (χ2n) is 4.98. The monoisotopic (exact) mass is 310 g/mol. The average Bonchev–Trinajstić information content (AvgIpc) is 2.92. The summed E-state index contributed by atoms with van der Waals surface area (Å²) in [6, 6.07) is 1.38. The van der Waals surface area contributed by atoms with Gasteiger partial charge in [0.15, 0.2) is 18.4 Å². The molecule has 0 unspecified atom stereocenters. The van der Waals surface area contributed by atoms with Crippen LogP contribution in [0, 0.1) is 0 Å². The fourth-order valence-corrected chi connectivity index (χ4v) is 2.52. The number of hydrogen-bond donors (Lipinski definition) is 0. The van der Waals surface area contributed by atoms with Crippen LogP contribution in [0.15, 0.2) is 17.1 Å². The maximum Gasteiger partial charge on any atom is 0.303 e. The fraction of sp³-hybridized carbons (Fsp3) is 0.538. The minimum Gasteiger partial charge on any atom is -0.463 e. The van der Waals surface area contributed by atoms with Crippen molar-refractivity contribution in [3.63, 3.8) is 0 Å². The molecule has 1 fully saturated rings. The number of nitrogens with zero attached hydrogens (tertiary/aromatic N) is 2. The minimum atomic E-state index is -0.765. The number of carbonyl (C=O) groups excluding carboxylic acids is 2. The summed E-state index contributed by atoms with van der Waals surface area (Å²) in [6.07, 6.45) is -1.19. The number of fused-ring (bicyclic) bond motifs is 3. The van der Waals surface area contributed by atoms with E-state index in [1.165, 1.54) is 30.7 Å². The molecule has 0 radical (unpaired) electrons. The molecule has 0 amide bonds. The molecule has 4 atom stereocenters. The van der Waals surface area contributed by atoms with Gasteiger partial charge < -0.3 is 18.9 Å². The Morgan fingerprint density at radius 2 is 2.14 bits per heavy atom. The van der Waals surface area contributed by atoms with Crippen molar-refractivity contribution in [2.24, 2.45) is 0 Å². The highest BCUT2D eigenvalue weighted by Crippen LogP contribution is 2.40. The molecular weight excluding hydrogens is 296 g/mol. The fourth-order valence-electron chi connectivity index (χ4n) is 2.52. The van der Waals surface area contributed by atoms with Crippen LogP contribution < -0.4 is 10.3 Å². The molecule has 0 spiro atoms. The van der Waals surface area contributed by atoms with E-state index in [2.05, 4.69) is 4.98 Å². The molecule has 1 saturated heterocycles. The Morgan fingerprint density at radius 1 is 1.36 bits per heavy atom. The quantitative estimate of drug-likeness (QED) is 0.681. The predicted molar refractivity (Wildman–Crippen MR) is 69.0 cm³/mol. The Hall–Kier alpha value is -2.42. The van der Waals surface area contributed by atoms with Crippen LogP contribution in [-0.4, -0.2) is 46.4 Å². The molecule has 9 heteroatoms. The lowest BCUT2D eigenvalue weighted by molar-refractivity contribution is -0.157. The Bertz CT molecular complexity index is 671. The number of esters is 2. The molecule has 2 aliphatic rings. The second kappa shape index (κ2) is 5.41. The first kappa shape index (κ1) is 14.5. The van der Waals surface area contributed by atoms with E-state index in [1.807, 2.05) is 0 Å². The molecule has 0 saturated carbocycles. The Morgan fingerprint density at radius 3 is 2.82 bits per heavy atom. The van der Waals surface area contributed by atoms with Crippen LogP contribution in [0.3, 0.4) is 0 Å². The van der Waals surface area contributed by atoms with Gasteiger partial charge in [0.05, 0.1) is 0 Å². The van der Waals surface area contributed by atoms with E-state index in [4.69, 9.17) is 18.9 Å². The van der Waals surface area contributed by atoms with Crippen molar-refractivity contribution in [3.05, 3.63) is 22.6 Å². The maximum atomic E-state index is 11.3. The van der Waals surface area contributed by atoms with Crippen molar-refractivity contribution < 1.29 is 28.5 Å². The van der Waals surface area contributed by atoms with Crippen molar-refractivity contribution in [2.75, 3.05) is 6.61 Å². The number of carbonyl (C=O) groups is 2. The summed E-state index contributed by atoms with van der Waals surface area (Å²) < 4.78 is 23.0. The van der Waals surface area contributed by atoms with Crippen molar-refractivity contribution in [1.82, 2.24) is 9.55 Å². The highest BCUT2D eigenvalue weighted by molar-refractivity contribution is 5.66. The largest absolute Gasteiger partial charge is 0.463 e. The first-order chi connectivity index (χ1) is 10.5. The molecule has 0 aromatic carbocycles. The highest BCUT2D eigenvalue weighted by Gasteiger charge is 2.54. The number of hydrogen-bond acceptors (Lipinski definition) is 8. The summed E-state index contributed by atoms with van der Waals surface area (Å²) in [4.78, 5) is 37.2. The summed E-state index contributed by atoms with van der Waals surface area (Å²) in [6.45, 7) is 2.48. The molecule has 1 aromatic rings. The highest BCUT2D eigenvalue weighted by atomic mass is 16.7. The Balaban J connectivity index is 1.84. The van der Waals surface area contributed by atoms with Crippen LogP contribution in [0.2, 0.25) is 0 Å². The number of aromatic nitrogens is 2. The standard InChI is InChI=1S/C13H14N2O7/c1-6(16)19-5-8-10(20-7(2)17)11-12(21-8)15-4-3-9(18)14-13(15)22-11/h3-4,8,10-12H,5H2,1-2H3/t8-,10-,11+,12-/m1/s1. The summed E-state index contributed by atoms with van der Waals surface area (Å²) in [7, 11) is 0. The summed E-state index contributed by atoms with van der Waals surface area (Å²) in [5.41, 5.74) is -0.438. The van der Waals surface area contributed by atoms with E-state index in [0.29, 0.717) is 0 Å². The van der Waals surface area contributed by atoms with Gasteiger partial charge in [-0.1, -0.05) is 0 Å². The normalized spacial score (nSPS) is 28.5. The van der Waals surface area contributed by atoms with Crippen LogP contribution in [0.25, 0.3) is 0 Å². The third kappa shape index (κ3) is 2.54. The van der Waals surface area contributed by atoms with Gasteiger partial charge in [-0.05, 0) is 0 Å². The average molecular weight is 310 g/mol. The van der Waals surface area contributed by atoms with Gasteiger partial charge in [-0.15, -0.1) is 0 Å². The van der Waals surface area contributed by atoms with Crippen molar-refractivity contribution in [2.45, 2.75) is 38.4 Å². The molecule has 0 bridgehead atoms. The van der Waals surface area contributed by atoms with Crippen molar-refractivity contribution in [3.8, 4) is 6.01 Å². The zero-order valence-electron chi connectivity index (χ0n) is 11.9. The molecule has 0 aliphatic carbocycles. The van der Waals surface area contributed by atoms with Gasteiger partial charge in [-0.25, -0.2) is 0 Å². The van der Waals surface area contributed by atoms with E-state index in [-0.39, 0.29) is 12.6 Å². The van der Waals surface area contributed by atoms with Gasteiger partial charge in [-0.3, -0.25) is 19.0 Å². The molecular formula is C13H14N2O7. The van der Waals surface area contributed by atoms with Crippen LogP contribution in [-0.2, 0) is 23.8 Å². The van der Waals surface area contributed by atoms with Crippen molar-refractivity contribution in [1.29, 1.82) is 0 Å². The topological polar surface area (TPSA) is 106 Å². The van der Waals surface area contributed by atoms with E-state index >= 15 is 0 Å². The Labute approximate surface area is 124 Å². The van der Waals surface area contributed by atoms with Crippen LogP contribution in [0.4, 0.5) is 0 Å². The SMILES string of the molecule is CC(=O)OC[C@H]1O[C@@H]2[C@@H](Oc3nc(=O)ccn32)[C@@H]1OC(C)=O. The molecule has 1 aromatic heterocycles. The van der Waals surface area contributed by atoms with Gasteiger partial charge in [0, 0.05) is 26.1 Å². The summed E-state index contributed by atoms with van der Waals surface area (Å²) >= 11 is 0. The lowest BCUT2D eigenvalue weighted by Gasteiger charge is -2.20. The van der Waals surface area contributed by atoms with E-state index in [9.17, 15) is 14.4 Å². The van der Waals surface area contributed by atoms with Crippen molar-refractivity contribution >= 4 is 11.9 Å². The van der Waals surface area contributed by atoms with E-state index in [0.717, 1.165) is 0 Å². The van der Waals surface area contributed by atoms with Gasteiger partial charge in [0.25, 0.3) is 5.56 Å². The summed E-state index contributed by atoms with van der Waals surface area (Å²) in [5, 5.41) is 0. The first-order valence-corrected chi connectivity index (χ1v) is 6.67. The number of rotatable bonds is 3. The molecule has 2 aliphatic heterocycles.